The third kappa shape index (κ3) is 1.38. The van der Waals surface area contributed by atoms with E-state index in [1.54, 1.807) is 12.4 Å². The van der Waals surface area contributed by atoms with Gasteiger partial charge in [0.1, 0.15) is 5.52 Å². The zero-order valence-corrected chi connectivity index (χ0v) is 8.37. The van der Waals surface area contributed by atoms with Gasteiger partial charge in [-0.25, -0.2) is 9.50 Å². The van der Waals surface area contributed by atoms with Gasteiger partial charge in [-0.05, 0) is 12.5 Å². The molecule has 0 bridgehead atoms. The molecule has 0 saturated heterocycles. The molecule has 2 aromatic rings. The summed E-state index contributed by atoms with van der Waals surface area (Å²) in [6.07, 6.45) is 11.0. The molecule has 4 heteroatoms. The lowest BCUT2D eigenvalue weighted by molar-refractivity contribution is 0.801. The Labute approximate surface area is 87.8 Å². The Morgan fingerprint density at radius 2 is 2.20 bits per heavy atom. The first kappa shape index (κ1) is 8.47. The summed E-state index contributed by atoms with van der Waals surface area (Å²) in [6.45, 7) is 1.98. The Bertz CT molecular complexity index is 500. The van der Waals surface area contributed by atoms with Crippen molar-refractivity contribution < 1.29 is 0 Å². The second-order valence-corrected chi connectivity index (χ2v) is 3.62. The quantitative estimate of drug-likeness (QED) is 0.654. The van der Waals surface area contributed by atoms with E-state index in [0.29, 0.717) is 0 Å². The second kappa shape index (κ2) is 3.38. The molecule has 15 heavy (non-hydrogen) atoms. The van der Waals surface area contributed by atoms with Crippen molar-refractivity contribution in [2.75, 3.05) is 18.0 Å². The van der Waals surface area contributed by atoms with Crippen molar-refractivity contribution in [3.05, 3.63) is 36.8 Å². The number of rotatable bonds is 1. The van der Waals surface area contributed by atoms with Gasteiger partial charge in [-0.15, -0.1) is 0 Å². The van der Waals surface area contributed by atoms with Crippen molar-refractivity contribution in [3.63, 3.8) is 0 Å². The summed E-state index contributed by atoms with van der Waals surface area (Å²) < 4.78 is 1.86. The number of anilines is 1. The monoisotopic (exact) mass is 200 g/mol. The van der Waals surface area contributed by atoms with Crippen LogP contribution in [0.5, 0.6) is 0 Å². The maximum atomic E-state index is 4.43. The highest BCUT2D eigenvalue weighted by molar-refractivity contribution is 5.68. The molecule has 2 aromatic heterocycles. The van der Waals surface area contributed by atoms with Gasteiger partial charge in [0.05, 0.1) is 6.20 Å². The summed E-state index contributed by atoms with van der Waals surface area (Å²) in [6, 6.07) is 2.00. The summed E-state index contributed by atoms with van der Waals surface area (Å²) in [5, 5.41) is 4.21. The Morgan fingerprint density at radius 3 is 3.07 bits per heavy atom. The van der Waals surface area contributed by atoms with E-state index in [9.17, 15) is 0 Å². The molecule has 1 aliphatic rings. The lowest BCUT2D eigenvalue weighted by Gasteiger charge is -2.24. The molecule has 0 aliphatic carbocycles. The molecule has 4 nitrogen and oxygen atoms in total. The molecule has 1 aliphatic heterocycles. The van der Waals surface area contributed by atoms with Crippen molar-refractivity contribution in [2.45, 2.75) is 6.42 Å². The van der Waals surface area contributed by atoms with E-state index in [4.69, 9.17) is 0 Å². The van der Waals surface area contributed by atoms with Gasteiger partial charge in [0.15, 0.2) is 5.82 Å². The van der Waals surface area contributed by atoms with Crippen molar-refractivity contribution in [3.8, 4) is 0 Å². The lowest BCUT2D eigenvalue weighted by Crippen LogP contribution is -2.28. The molecule has 0 saturated carbocycles. The molecular weight excluding hydrogens is 188 g/mol. The first-order valence-electron chi connectivity index (χ1n) is 5.13. The van der Waals surface area contributed by atoms with Gasteiger partial charge in [0.25, 0.3) is 0 Å². The minimum atomic E-state index is 0.942. The highest BCUT2D eigenvalue weighted by Crippen LogP contribution is 2.19. The number of fused-ring (bicyclic) bond motifs is 1. The average Bonchev–Trinajstić information content (AvgIpc) is 2.78. The third-order valence-electron chi connectivity index (χ3n) is 2.66. The zero-order valence-electron chi connectivity index (χ0n) is 8.37. The van der Waals surface area contributed by atoms with Gasteiger partial charge in [-0.3, -0.25) is 0 Å². The maximum absolute atomic E-state index is 4.43. The van der Waals surface area contributed by atoms with Gasteiger partial charge < -0.3 is 4.90 Å². The van der Waals surface area contributed by atoms with Crippen LogP contribution in [0, 0.1) is 0 Å². The largest absolute Gasteiger partial charge is 0.351 e. The van der Waals surface area contributed by atoms with Crippen molar-refractivity contribution in [1.82, 2.24) is 14.6 Å². The van der Waals surface area contributed by atoms with E-state index in [0.717, 1.165) is 30.8 Å². The minimum absolute atomic E-state index is 0.942. The van der Waals surface area contributed by atoms with E-state index >= 15 is 0 Å². The molecule has 0 amide bonds. The van der Waals surface area contributed by atoms with Crippen LogP contribution in [0.15, 0.2) is 36.8 Å². The van der Waals surface area contributed by atoms with E-state index in [2.05, 4.69) is 27.1 Å². The number of hydrogen-bond donors (Lipinski definition) is 0. The van der Waals surface area contributed by atoms with Crippen LogP contribution in [0.25, 0.3) is 5.52 Å². The molecule has 3 heterocycles. The SMILES string of the molecule is C1=CCN(c2nccn3nccc23)CC1. The molecular formula is C11H12N4. The Kier molecular flexibility index (Phi) is 1.91. The maximum Gasteiger partial charge on any atom is 0.154 e. The highest BCUT2D eigenvalue weighted by Gasteiger charge is 2.12. The fraction of sp³-hybridized carbons (Fsp3) is 0.273. The lowest BCUT2D eigenvalue weighted by atomic mass is 10.2. The van der Waals surface area contributed by atoms with Crippen LogP contribution in [-0.4, -0.2) is 27.7 Å². The predicted molar refractivity (Wildman–Crippen MR) is 59.0 cm³/mol. The standard InChI is InChI=1S/C11H12N4/c1-2-7-14(8-3-1)11-10-4-5-13-15(10)9-6-12-11/h1-2,4-6,9H,3,7-8H2. The molecule has 0 radical (unpaired) electrons. The molecule has 0 aromatic carbocycles. The summed E-state index contributed by atoms with van der Waals surface area (Å²) in [7, 11) is 0. The summed E-state index contributed by atoms with van der Waals surface area (Å²) in [5.41, 5.74) is 1.08. The highest BCUT2D eigenvalue weighted by atomic mass is 15.3. The van der Waals surface area contributed by atoms with Crippen molar-refractivity contribution in [1.29, 1.82) is 0 Å². The first-order valence-corrected chi connectivity index (χ1v) is 5.13. The van der Waals surface area contributed by atoms with E-state index in [1.165, 1.54) is 0 Å². The van der Waals surface area contributed by atoms with Crippen molar-refractivity contribution in [2.24, 2.45) is 0 Å². The minimum Gasteiger partial charge on any atom is -0.351 e. The molecule has 76 valence electrons. The average molecular weight is 200 g/mol. The van der Waals surface area contributed by atoms with Crippen LogP contribution >= 0.6 is 0 Å². The number of hydrogen-bond acceptors (Lipinski definition) is 3. The number of aromatic nitrogens is 3. The molecule has 3 rings (SSSR count). The van der Waals surface area contributed by atoms with Gasteiger partial charge in [-0.1, -0.05) is 12.2 Å². The van der Waals surface area contributed by atoms with Crippen molar-refractivity contribution >= 4 is 11.3 Å². The van der Waals surface area contributed by atoms with Gasteiger partial charge >= 0.3 is 0 Å². The molecule has 0 N–H and O–H groups in total. The normalized spacial score (nSPS) is 16.1. The first-order chi connectivity index (χ1) is 7.45. The smallest absolute Gasteiger partial charge is 0.154 e. The summed E-state index contributed by atoms with van der Waals surface area (Å²) in [4.78, 5) is 6.71. The predicted octanol–water partition coefficient (Wildman–Crippen LogP) is 1.50. The zero-order chi connectivity index (χ0) is 10.1. The summed E-state index contributed by atoms with van der Waals surface area (Å²) in [5.74, 6) is 1.03. The molecule has 0 fully saturated rings. The topological polar surface area (TPSA) is 33.4 Å². The molecule has 0 unspecified atom stereocenters. The fourth-order valence-electron chi connectivity index (χ4n) is 1.92. The Balaban J connectivity index is 2.09. The van der Waals surface area contributed by atoms with E-state index in [-0.39, 0.29) is 0 Å². The van der Waals surface area contributed by atoms with E-state index < -0.39 is 0 Å². The van der Waals surface area contributed by atoms with Crippen LogP contribution in [0.2, 0.25) is 0 Å². The van der Waals surface area contributed by atoms with Gasteiger partial charge in [0.2, 0.25) is 0 Å². The van der Waals surface area contributed by atoms with Gasteiger partial charge in [-0.2, -0.15) is 5.10 Å². The third-order valence-corrected chi connectivity index (χ3v) is 2.66. The van der Waals surface area contributed by atoms with Crippen LogP contribution in [0.3, 0.4) is 0 Å². The fourth-order valence-corrected chi connectivity index (χ4v) is 1.92. The Morgan fingerprint density at radius 1 is 1.20 bits per heavy atom. The van der Waals surface area contributed by atoms with Crippen LogP contribution in [0.4, 0.5) is 5.82 Å². The van der Waals surface area contributed by atoms with E-state index in [1.807, 2.05) is 16.8 Å². The Hall–Kier alpha value is -1.84. The van der Waals surface area contributed by atoms with Crippen LogP contribution in [0.1, 0.15) is 6.42 Å². The van der Waals surface area contributed by atoms with Crippen LogP contribution < -0.4 is 4.90 Å². The van der Waals surface area contributed by atoms with Gasteiger partial charge in [0, 0.05) is 25.5 Å². The molecule has 0 atom stereocenters. The van der Waals surface area contributed by atoms with Crippen LogP contribution in [-0.2, 0) is 0 Å². The molecule has 0 spiro atoms. The number of nitrogens with zero attached hydrogens (tertiary/aromatic N) is 4. The second-order valence-electron chi connectivity index (χ2n) is 3.62. The summed E-state index contributed by atoms with van der Waals surface area (Å²) >= 11 is 0.